The fourth-order valence-corrected chi connectivity index (χ4v) is 4.52. The van der Waals surface area contributed by atoms with Gasteiger partial charge in [0.25, 0.3) is 5.91 Å². The highest BCUT2D eigenvalue weighted by molar-refractivity contribution is 7.93. The predicted molar refractivity (Wildman–Crippen MR) is 104 cm³/mol. The molecule has 2 aromatic carbocycles. The number of anilines is 2. The van der Waals surface area contributed by atoms with Gasteiger partial charge in [0.15, 0.2) is 0 Å². The molecule has 27 heavy (non-hydrogen) atoms. The Balaban J connectivity index is 1.62. The summed E-state index contributed by atoms with van der Waals surface area (Å²) in [5.74, 6) is -0.251. The van der Waals surface area contributed by atoms with Crippen molar-refractivity contribution in [2.24, 2.45) is 0 Å². The van der Waals surface area contributed by atoms with Gasteiger partial charge in [-0.25, -0.2) is 8.42 Å². The number of carbonyl (C=O) groups excluding carboxylic acids is 2. The summed E-state index contributed by atoms with van der Waals surface area (Å²) in [4.78, 5) is 23.4. The van der Waals surface area contributed by atoms with Crippen LogP contribution in [0.2, 0.25) is 0 Å². The first-order valence-electron chi connectivity index (χ1n) is 8.60. The van der Waals surface area contributed by atoms with Gasteiger partial charge in [-0.2, -0.15) is 0 Å². The lowest BCUT2D eigenvalue weighted by Gasteiger charge is -2.17. The third-order valence-corrected chi connectivity index (χ3v) is 6.09. The highest BCUT2D eigenvalue weighted by atomic mass is 32.2. The van der Waals surface area contributed by atoms with Crippen LogP contribution in [0.1, 0.15) is 29.3 Å². The van der Waals surface area contributed by atoms with Gasteiger partial charge in [0.1, 0.15) is 0 Å². The first-order valence-corrected chi connectivity index (χ1v) is 10.2. The van der Waals surface area contributed by atoms with E-state index in [1.807, 2.05) is 6.07 Å². The fourth-order valence-electron chi connectivity index (χ4n) is 2.96. The zero-order valence-corrected chi connectivity index (χ0v) is 15.8. The van der Waals surface area contributed by atoms with Gasteiger partial charge in [-0.05, 0) is 48.4 Å². The summed E-state index contributed by atoms with van der Waals surface area (Å²) in [6.45, 7) is 2.22. The summed E-state index contributed by atoms with van der Waals surface area (Å²) in [6.07, 6.45) is 0.613. The first-order chi connectivity index (χ1) is 12.8. The predicted octanol–water partition coefficient (Wildman–Crippen LogP) is 2.11. The molecule has 2 N–H and O–H groups in total. The third-order valence-electron chi connectivity index (χ3n) is 4.22. The van der Waals surface area contributed by atoms with E-state index >= 15 is 0 Å². The molecule has 0 saturated carbocycles. The lowest BCUT2D eigenvalue weighted by Crippen LogP contribution is -2.25. The molecule has 3 rings (SSSR count). The Kier molecular flexibility index (Phi) is 5.46. The topological polar surface area (TPSA) is 95.6 Å². The van der Waals surface area contributed by atoms with Gasteiger partial charge in [-0.1, -0.05) is 12.1 Å². The molecular formula is C19H21N3O4S. The molecule has 8 heteroatoms. The molecule has 2 aromatic rings. The molecule has 0 aliphatic carbocycles. The van der Waals surface area contributed by atoms with Crippen LogP contribution in [0.4, 0.5) is 11.4 Å². The molecule has 7 nitrogen and oxygen atoms in total. The Morgan fingerprint density at radius 1 is 1.11 bits per heavy atom. The number of carbonyl (C=O) groups is 2. The number of nitrogens with zero attached hydrogens (tertiary/aromatic N) is 1. The number of hydrogen-bond acceptors (Lipinski definition) is 4. The molecule has 1 heterocycles. The van der Waals surface area contributed by atoms with E-state index in [0.717, 1.165) is 5.56 Å². The van der Waals surface area contributed by atoms with Crippen LogP contribution in [-0.4, -0.2) is 32.5 Å². The molecule has 0 unspecified atom stereocenters. The summed E-state index contributed by atoms with van der Waals surface area (Å²) >= 11 is 0. The number of rotatable bonds is 5. The lowest BCUT2D eigenvalue weighted by atomic mass is 10.1. The van der Waals surface area contributed by atoms with E-state index in [4.69, 9.17) is 0 Å². The van der Waals surface area contributed by atoms with Crippen molar-refractivity contribution >= 4 is 33.2 Å². The van der Waals surface area contributed by atoms with E-state index in [1.165, 1.54) is 11.2 Å². The van der Waals surface area contributed by atoms with Gasteiger partial charge in [-0.15, -0.1) is 0 Å². The lowest BCUT2D eigenvalue weighted by molar-refractivity contribution is -0.114. The Hall–Kier alpha value is -2.87. The maximum atomic E-state index is 12.3. The van der Waals surface area contributed by atoms with Crippen LogP contribution in [0.5, 0.6) is 0 Å². The second kappa shape index (κ2) is 7.79. The van der Waals surface area contributed by atoms with Gasteiger partial charge in [0.2, 0.25) is 15.9 Å². The van der Waals surface area contributed by atoms with Crippen molar-refractivity contribution in [3.8, 4) is 0 Å². The Morgan fingerprint density at radius 3 is 2.48 bits per heavy atom. The highest BCUT2D eigenvalue weighted by Crippen LogP contribution is 2.24. The number of amides is 2. The standard InChI is InChI=1S/C19H21N3O4S/c1-14(23)21-17-5-2-4-15(12-17)13-20-19(24)16-6-8-18(9-7-16)22-10-3-11-27(22,25)26/h2,4-9,12H,3,10-11,13H2,1H3,(H,20,24)(H,21,23). The van der Waals surface area contributed by atoms with Crippen molar-refractivity contribution in [2.45, 2.75) is 19.9 Å². The molecule has 0 atom stereocenters. The molecule has 1 aliphatic heterocycles. The SMILES string of the molecule is CC(=O)Nc1cccc(CNC(=O)c2ccc(N3CCCS3(=O)=O)cc2)c1. The second-order valence-electron chi connectivity index (χ2n) is 6.35. The minimum atomic E-state index is -3.23. The van der Waals surface area contributed by atoms with Gasteiger partial charge in [-0.3, -0.25) is 13.9 Å². The maximum absolute atomic E-state index is 12.3. The summed E-state index contributed by atoms with van der Waals surface area (Å²) in [5, 5.41) is 5.52. The highest BCUT2D eigenvalue weighted by Gasteiger charge is 2.28. The minimum Gasteiger partial charge on any atom is -0.348 e. The fraction of sp³-hybridized carbons (Fsp3) is 0.263. The molecular weight excluding hydrogens is 366 g/mol. The Bertz CT molecular complexity index is 955. The van der Waals surface area contributed by atoms with E-state index in [2.05, 4.69) is 10.6 Å². The van der Waals surface area contributed by atoms with E-state index in [1.54, 1.807) is 42.5 Å². The quantitative estimate of drug-likeness (QED) is 0.821. The Labute approximate surface area is 158 Å². The van der Waals surface area contributed by atoms with Crippen molar-refractivity contribution in [1.82, 2.24) is 5.32 Å². The number of benzene rings is 2. The smallest absolute Gasteiger partial charge is 0.251 e. The average molecular weight is 387 g/mol. The number of sulfonamides is 1. The molecule has 0 spiro atoms. The molecule has 1 fully saturated rings. The van der Waals surface area contributed by atoms with E-state index in [9.17, 15) is 18.0 Å². The van der Waals surface area contributed by atoms with Crippen LogP contribution in [0.3, 0.4) is 0 Å². The molecule has 1 aliphatic rings. The largest absolute Gasteiger partial charge is 0.348 e. The van der Waals surface area contributed by atoms with Crippen molar-refractivity contribution in [2.75, 3.05) is 21.9 Å². The maximum Gasteiger partial charge on any atom is 0.251 e. The summed E-state index contributed by atoms with van der Waals surface area (Å²) in [5.41, 5.74) is 2.56. The van der Waals surface area contributed by atoms with E-state index < -0.39 is 10.0 Å². The molecule has 0 bridgehead atoms. The molecule has 1 saturated heterocycles. The van der Waals surface area contributed by atoms with E-state index in [-0.39, 0.29) is 17.6 Å². The zero-order chi connectivity index (χ0) is 19.4. The normalized spacial score (nSPS) is 15.4. The van der Waals surface area contributed by atoms with Crippen LogP contribution in [0, 0.1) is 0 Å². The van der Waals surface area contributed by atoms with E-state index in [0.29, 0.717) is 36.4 Å². The first kappa shape index (κ1) is 18.9. The summed E-state index contributed by atoms with van der Waals surface area (Å²) in [7, 11) is -3.23. The summed E-state index contributed by atoms with van der Waals surface area (Å²) in [6, 6.07) is 13.8. The Morgan fingerprint density at radius 2 is 1.85 bits per heavy atom. The monoisotopic (exact) mass is 387 g/mol. The minimum absolute atomic E-state index is 0.156. The molecule has 142 valence electrons. The van der Waals surface area contributed by atoms with Gasteiger partial charge >= 0.3 is 0 Å². The third kappa shape index (κ3) is 4.65. The van der Waals surface area contributed by atoms with Crippen LogP contribution >= 0.6 is 0 Å². The van der Waals surface area contributed by atoms with Crippen LogP contribution in [0.25, 0.3) is 0 Å². The molecule has 2 amide bonds. The van der Waals surface area contributed by atoms with Crippen molar-refractivity contribution in [3.63, 3.8) is 0 Å². The van der Waals surface area contributed by atoms with Gasteiger partial charge in [0, 0.05) is 31.3 Å². The second-order valence-corrected chi connectivity index (χ2v) is 8.37. The number of hydrogen-bond donors (Lipinski definition) is 2. The van der Waals surface area contributed by atoms with Crippen molar-refractivity contribution in [1.29, 1.82) is 0 Å². The van der Waals surface area contributed by atoms with Crippen molar-refractivity contribution in [3.05, 3.63) is 59.7 Å². The zero-order valence-electron chi connectivity index (χ0n) is 14.9. The van der Waals surface area contributed by atoms with Crippen LogP contribution in [0.15, 0.2) is 48.5 Å². The average Bonchev–Trinajstić information content (AvgIpc) is 2.99. The number of nitrogens with one attached hydrogen (secondary N) is 2. The van der Waals surface area contributed by atoms with Crippen molar-refractivity contribution < 1.29 is 18.0 Å². The molecule has 0 radical (unpaired) electrons. The summed E-state index contributed by atoms with van der Waals surface area (Å²) < 4.78 is 25.3. The van der Waals surface area contributed by atoms with Gasteiger partial charge in [0.05, 0.1) is 11.4 Å². The van der Waals surface area contributed by atoms with Gasteiger partial charge < -0.3 is 10.6 Å². The van der Waals surface area contributed by atoms with Crippen LogP contribution < -0.4 is 14.9 Å². The molecule has 0 aromatic heterocycles. The van der Waals surface area contributed by atoms with Crippen LogP contribution in [-0.2, 0) is 21.4 Å².